The van der Waals surface area contributed by atoms with Crippen molar-refractivity contribution in [1.29, 1.82) is 0 Å². The Balaban J connectivity index is 2.04. The number of nitrogens with zero attached hydrogens (tertiary/aromatic N) is 1. The highest BCUT2D eigenvalue weighted by molar-refractivity contribution is 8.01. The third kappa shape index (κ3) is 3.57. The Morgan fingerprint density at radius 3 is 2.78 bits per heavy atom. The van der Waals surface area contributed by atoms with Gasteiger partial charge in [0.1, 0.15) is 0 Å². The average molecular weight is 278 g/mol. The quantitative estimate of drug-likeness (QED) is 0.850. The minimum Gasteiger partial charge on any atom is -0.309 e. The molecule has 0 amide bonds. The van der Waals surface area contributed by atoms with Crippen molar-refractivity contribution in [1.82, 2.24) is 10.3 Å². The summed E-state index contributed by atoms with van der Waals surface area (Å²) in [6, 6.07) is 8.87. The smallest absolute Gasteiger partial charge is 0.0646 e. The van der Waals surface area contributed by atoms with E-state index in [1.807, 2.05) is 6.20 Å². The Hall–Kier alpha value is -0.840. The molecule has 2 aromatic rings. The lowest BCUT2D eigenvalue weighted by Crippen LogP contribution is -2.20. The Labute approximate surface area is 117 Å². The molecule has 1 N–H and O–H groups in total. The zero-order chi connectivity index (χ0) is 12.8. The molecule has 2 heterocycles. The van der Waals surface area contributed by atoms with Crippen LogP contribution in [0.15, 0.2) is 44.9 Å². The molecule has 0 aliphatic rings. The zero-order valence-corrected chi connectivity index (χ0v) is 12.4. The van der Waals surface area contributed by atoms with Gasteiger partial charge in [0.25, 0.3) is 0 Å². The predicted molar refractivity (Wildman–Crippen MR) is 79.4 cm³/mol. The van der Waals surface area contributed by atoms with Crippen LogP contribution in [0.1, 0.15) is 32.0 Å². The fraction of sp³-hybridized carbons (Fsp3) is 0.357. The zero-order valence-electron chi connectivity index (χ0n) is 10.7. The third-order valence-corrected chi connectivity index (χ3v) is 4.70. The van der Waals surface area contributed by atoms with Gasteiger partial charge in [-0.25, -0.2) is 0 Å². The van der Waals surface area contributed by atoms with E-state index in [0.29, 0.717) is 6.04 Å². The monoisotopic (exact) mass is 278 g/mol. The SMILES string of the molecule is CCNC(CC)c1ccc(Sc2cccs2)cn1. The van der Waals surface area contributed by atoms with Gasteiger partial charge in [-0.2, -0.15) is 0 Å². The molecule has 2 nitrogen and oxygen atoms in total. The van der Waals surface area contributed by atoms with E-state index in [-0.39, 0.29) is 0 Å². The molecule has 2 aromatic heterocycles. The van der Waals surface area contributed by atoms with Crippen LogP contribution in [0.3, 0.4) is 0 Å². The van der Waals surface area contributed by atoms with Crippen LogP contribution < -0.4 is 5.32 Å². The van der Waals surface area contributed by atoms with Crippen LogP contribution in [-0.2, 0) is 0 Å². The first kappa shape index (κ1) is 13.6. The summed E-state index contributed by atoms with van der Waals surface area (Å²) in [6.07, 6.45) is 3.04. The van der Waals surface area contributed by atoms with Crippen LogP contribution in [0.25, 0.3) is 0 Å². The Bertz CT molecular complexity index is 451. The van der Waals surface area contributed by atoms with Gasteiger partial charge < -0.3 is 5.32 Å². The van der Waals surface area contributed by atoms with Gasteiger partial charge in [-0.1, -0.05) is 31.7 Å². The number of hydrogen-bond donors (Lipinski definition) is 1. The molecule has 0 saturated heterocycles. The molecule has 96 valence electrons. The van der Waals surface area contributed by atoms with Gasteiger partial charge in [-0.3, -0.25) is 4.98 Å². The van der Waals surface area contributed by atoms with Gasteiger partial charge in [-0.15, -0.1) is 11.3 Å². The molecule has 0 aliphatic heterocycles. The van der Waals surface area contributed by atoms with E-state index in [0.717, 1.165) is 18.7 Å². The molecule has 0 fully saturated rings. The molecular weight excluding hydrogens is 260 g/mol. The number of aromatic nitrogens is 1. The van der Waals surface area contributed by atoms with E-state index in [1.54, 1.807) is 23.1 Å². The predicted octanol–water partition coefficient (Wildman–Crippen LogP) is 4.35. The maximum absolute atomic E-state index is 4.57. The topological polar surface area (TPSA) is 24.9 Å². The lowest BCUT2D eigenvalue weighted by atomic mass is 10.1. The van der Waals surface area contributed by atoms with Crippen LogP contribution in [0.5, 0.6) is 0 Å². The highest BCUT2D eigenvalue weighted by Crippen LogP contribution is 2.31. The first-order chi connectivity index (χ1) is 8.83. The van der Waals surface area contributed by atoms with E-state index in [2.05, 4.69) is 53.8 Å². The van der Waals surface area contributed by atoms with Crippen molar-refractivity contribution in [3.63, 3.8) is 0 Å². The van der Waals surface area contributed by atoms with Gasteiger partial charge in [0.15, 0.2) is 0 Å². The summed E-state index contributed by atoms with van der Waals surface area (Å²) in [6.45, 7) is 5.29. The number of nitrogens with one attached hydrogen (secondary N) is 1. The lowest BCUT2D eigenvalue weighted by Gasteiger charge is -2.15. The lowest BCUT2D eigenvalue weighted by molar-refractivity contribution is 0.524. The first-order valence-corrected chi connectivity index (χ1v) is 7.93. The summed E-state index contributed by atoms with van der Waals surface area (Å²) in [5.41, 5.74) is 1.13. The van der Waals surface area contributed by atoms with Crippen LogP contribution in [-0.4, -0.2) is 11.5 Å². The Morgan fingerprint density at radius 1 is 1.33 bits per heavy atom. The van der Waals surface area contributed by atoms with E-state index in [4.69, 9.17) is 0 Å². The van der Waals surface area contributed by atoms with Crippen molar-refractivity contribution in [2.45, 2.75) is 35.4 Å². The fourth-order valence-corrected chi connectivity index (χ4v) is 3.52. The minimum atomic E-state index is 0.371. The van der Waals surface area contributed by atoms with Crippen molar-refractivity contribution in [3.05, 3.63) is 41.5 Å². The second-order valence-corrected chi connectivity index (χ2v) is 6.29. The van der Waals surface area contributed by atoms with Crippen molar-refractivity contribution < 1.29 is 0 Å². The van der Waals surface area contributed by atoms with Crippen LogP contribution in [0.4, 0.5) is 0 Å². The second kappa shape index (κ2) is 6.92. The van der Waals surface area contributed by atoms with E-state index >= 15 is 0 Å². The maximum Gasteiger partial charge on any atom is 0.0646 e. The standard InChI is InChI=1S/C14H18N2S2/c1-3-12(15-4-2)13-8-7-11(10-16-13)18-14-6-5-9-17-14/h5-10,12,15H,3-4H2,1-2H3. The molecule has 0 aliphatic carbocycles. The Kier molecular flexibility index (Phi) is 5.23. The summed E-state index contributed by atoms with van der Waals surface area (Å²) < 4.78 is 1.31. The van der Waals surface area contributed by atoms with Gasteiger partial charge in [-0.05, 0) is 36.5 Å². The minimum absolute atomic E-state index is 0.371. The summed E-state index contributed by atoms with van der Waals surface area (Å²) in [7, 11) is 0. The maximum atomic E-state index is 4.57. The van der Waals surface area contributed by atoms with Gasteiger partial charge in [0.2, 0.25) is 0 Å². The molecule has 0 radical (unpaired) electrons. The van der Waals surface area contributed by atoms with Crippen molar-refractivity contribution in [3.8, 4) is 0 Å². The first-order valence-electron chi connectivity index (χ1n) is 6.24. The van der Waals surface area contributed by atoms with E-state index < -0.39 is 0 Å². The van der Waals surface area contributed by atoms with Gasteiger partial charge >= 0.3 is 0 Å². The highest BCUT2D eigenvalue weighted by Gasteiger charge is 2.09. The molecule has 0 spiro atoms. The number of rotatable bonds is 6. The summed E-state index contributed by atoms with van der Waals surface area (Å²) in [5.74, 6) is 0. The molecule has 1 atom stereocenters. The normalized spacial score (nSPS) is 12.6. The van der Waals surface area contributed by atoms with Crippen molar-refractivity contribution in [2.75, 3.05) is 6.54 Å². The Morgan fingerprint density at radius 2 is 2.22 bits per heavy atom. The molecule has 1 unspecified atom stereocenters. The van der Waals surface area contributed by atoms with E-state index in [1.165, 1.54) is 9.10 Å². The van der Waals surface area contributed by atoms with Crippen LogP contribution >= 0.6 is 23.1 Å². The molecule has 0 bridgehead atoms. The molecule has 18 heavy (non-hydrogen) atoms. The summed E-state index contributed by atoms with van der Waals surface area (Å²) in [5, 5.41) is 5.55. The average Bonchev–Trinajstić information content (AvgIpc) is 2.90. The summed E-state index contributed by atoms with van der Waals surface area (Å²) in [4.78, 5) is 5.77. The molecule has 2 rings (SSSR count). The van der Waals surface area contributed by atoms with E-state index in [9.17, 15) is 0 Å². The van der Waals surface area contributed by atoms with Crippen molar-refractivity contribution >= 4 is 23.1 Å². The third-order valence-electron chi connectivity index (χ3n) is 2.69. The van der Waals surface area contributed by atoms with Gasteiger partial charge in [0.05, 0.1) is 9.90 Å². The number of thiophene rings is 1. The number of pyridine rings is 1. The fourth-order valence-electron chi connectivity index (χ4n) is 1.80. The molecular formula is C14H18N2S2. The highest BCUT2D eigenvalue weighted by atomic mass is 32.2. The number of hydrogen-bond acceptors (Lipinski definition) is 4. The molecule has 0 saturated carbocycles. The molecule has 0 aromatic carbocycles. The van der Waals surface area contributed by atoms with Crippen molar-refractivity contribution in [2.24, 2.45) is 0 Å². The summed E-state index contributed by atoms with van der Waals surface area (Å²) >= 11 is 3.53. The van der Waals surface area contributed by atoms with Gasteiger partial charge in [0, 0.05) is 17.1 Å². The van der Waals surface area contributed by atoms with Crippen LogP contribution in [0, 0.1) is 0 Å². The second-order valence-electron chi connectivity index (χ2n) is 3.97. The molecule has 4 heteroatoms. The largest absolute Gasteiger partial charge is 0.309 e. The van der Waals surface area contributed by atoms with Crippen LogP contribution in [0.2, 0.25) is 0 Å².